The molecule has 0 bridgehead atoms. The quantitative estimate of drug-likeness (QED) is 0.859. The summed E-state index contributed by atoms with van der Waals surface area (Å²) in [7, 11) is 0. The fourth-order valence-corrected chi connectivity index (χ4v) is 4.22. The van der Waals surface area contributed by atoms with E-state index in [9.17, 15) is 0 Å². The van der Waals surface area contributed by atoms with E-state index < -0.39 is 0 Å². The van der Waals surface area contributed by atoms with Crippen LogP contribution in [0.25, 0.3) is 0 Å². The van der Waals surface area contributed by atoms with E-state index in [0.29, 0.717) is 0 Å². The van der Waals surface area contributed by atoms with Crippen molar-refractivity contribution in [2.45, 2.75) is 39.9 Å². The van der Waals surface area contributed by atoms with Gasteiger partial charge in [-0.15, -0.1) is 0 Å². The van der Waals surface area contributed by atoms with Gasteiger partial charge in [-0.3, -0.25) is 14.8 Å². The molecule has 1 fully saturated rings. The highest BCUT2D eigenvalue weighted by atomic mass is 15.2. The molecular formula is C21H27N3. The SMILES string of the molecule is Cc1cc2c(cc1C)CN(CC1CCN(Cc3cccnc3)C1)C2. The molecule has 0 N–H and O–H groups in total. The van der Waals surface area contributed by atoms with Gasteiger partial charge in [0.05, 0.1) is 0 Å². The first-order valence-electron chi connectivity index (χ1n) is 9.10. The minimum absolute atomic E-state index is 0.804. The number of rotatable bonds is 4. The summed E-state index contributed by atoms with van der Waals surface area (Å²) < 4.78 is 0. The summed E-state index contributed by atoms with van der Waals surface area (Å²) in [6, 6.07) is 9.01. The van der Waals surface area contributed by atoms with E-state index in [1.165, 1.54) is 42.7 Å². The van der Waals surface area contributed by atoms with Crippen LogP contribution in [0.15, 0.2) is 36.7 Å². The van der Waals surface area contributed by atoms with Crippen LogP contribution in [0.1, 0.15) is 34.2 Å². The van der Waals surface area contributed by atoms with Crippen LogP contribution in [0.5, 0.6) is 0 Å². The number of aromatic nitrogens is 1. The summed E-state index contributed by atoms with van der Waals surface area (Å²) in [4.78, 5) is 9.45. The van der Waals surface area contributed by atoms with Crippen molar-refractivity contribution in [2.75, 3.05) is 19.6 Å². The highest BCUT2D eigenvalue weighted by Gasteiger charge is 2.27. The van der Waals surface area contributed by atoms with Gasteiger partial charge < -0.3 is 0 Å². The van der Waals surface area contributed by atoms with E-state index in [1.54, 1.807) is 11.1 Å². The summed E-state index contributed by atoms with van der Waals surface area (Å²) in [5, 5.41) is 0. The molecule has 2 aromatic rings. The Morgan fingerprint density at radius 1 is 1.08 bits per heavy atom. The maximum atomic E-state index is 4.23. The standard InChI is InChI=1S/C21H27N3/c1-16-8-20-14-24(15-21(20)9-17(16)2)13-19-5-7-23(12-19)11-18-4-3-6-22-10-18/h3-4,6,8-10,19H,5,7,11-15H2,1-2H3. The van der Waals surface area contributed by atoms with Gasteiger partial charge in [-0.25, -0.2) is 0 Å². The first-order valence-corrected chi connectivity index (χ1v) is 9.10. The van der Waals surface area contributed by atoms with Gasteiger partial charge in [0, 0.05) is 45.1 Å². The smallest absolute Gasteiger partial charge is 0.0312 e. The summed E-state index contributed by atoms with van der Waals surface area (Å²) in [6.45, 7) is 11.4. The maximum Gasteiger partial charge on any atom is 0.0312 e. The summed E-state index contributed by atoms with van der Waals surface area (Å²) in [5.74, 6) is 0.804. The van der Waals surface area contributed by atoms with Gasteiger partial charge in [0.25, 0.3) is 0 Å². The molecule has 3 heterocycles. The van der Waals surface area contributed by atoms with Crippen molar-refractivity contribution in [3.8, 4) is 0 Å². The van der Waals surface area contributed by atoms with E-state index in [1.807, 2.05) is 18.5 Å². The van der Waals surface area contributed by atoms with Crippen LogP contribution in [0.2, 0.25) is 0 Å². The summed E-state index contributed by atoms with van der Waals surface area (Å²) in [6.07, 6.45) is 5.17. The second-order valence-electron chi connectivity index (χ2n) is 7.63. The normalized spacial score (nSPS) is 21.3. The average molecular weight is 321 g/mol. The van der Waals surface area contributed by atoms with Crippen molar-refractivity contribution in [2.24, 2.45) is 5.92 Å². The van der Waals surface area contributed by atoms with Gasteiger partial charge >= 0.3 is 0 Å². The second kappa shape index (κ2) is 6.66. The Labute approximate surface area is 145 Å². The zero-order chi connectivity index (χ0) is 16.5. The van der Waals surface area contributed by atoms with E-state index in [4.69, 9.17) is 0 Å². The highest BCUT2D eigenvalue weighted by Crippen LogP contribution is 2.28. The Balaban J connectivity index is 1.31. The molecule has 0 amide bonds. The van der Waals surface area contributed by atoms with Crippen LogP contribution in [0.4, 0.5) is 0 Å². The van der Waals surface area contributed by atoms with Crippen molar-refractivity contribution in [1.82, 2.24) is 14.8 Å². The minimum Gasteiger partial charge on any atom is -0.299 e. The van der Waals surface area contributed by atoms with Gasteiger partial charge in [-0.2, -0.15) is 0 Å². The number of aryl methyl sites for hydroxylation is 2. The molecule has 2 aliphatic heterocycles. The molecule has 1 atom stereocenters. The number of likely N-dealkylation sites (tertiary alicyclic amines) is 1. The van der Waals surface area contributed by atoms with E-state index >= 15 is 0 Å². The lowest BCUT2D eigenvalue weighted by molar-refractivity contribution is 0.228. The minimum atomic E-state index is 0.804. The zero-order valence-corrected chi connectivity index (χ0v) is 14.8. The maximum absolute atomic E-state index is 4.23. The summed E-state index contributed by atoms with van der Waals surface area (Å²) in [5.41, 5.74) is 7.28. The molecule has 3 heteroatoms. The van der Waals surface area contributed by atoms with Crippen molar-refractivity contribution >= 4 is 0 Å². The molecule has 1 saturated heterocycles. The first-order chi connectivity index (χ1) is 11.7. The zero-order valence-electron chi connectivity index (χ0n) is 14.8. The topological polar surface area (TPSA) is 19.4 Å². The molecular weight excluding hydrogens is 294 g/mol. The second-order valence-corrected chi connectivity index (χ2v) is 7.63. The van der Waals surface area contributed by atoms with Gasteiger partial charge in [-0.1, -0.05) is 18.2 Å². The molecule has 0 spiro atoms. The summed E-state index contributed by atoms with van der Waals surface area (Å²) >= 11 is 0. The van der Waals surface area contributed by atoms with Crippen LogP contribution in [0.3, 0.4) is 0 Å². The van der Waals surface area contributed by atoms with Gasteiger partial charge in [-0.05, 0) is 66.6 Å². The Kier molecular flexibility index (Phi) is 4.38. The fourth-order valence-electron chi connectivity index (χ4n) is 4.22. The molecule has 4 rings (SSSR count). The lowest BCUT2D eigenvalue weighted by atomic mass is 10.0. The molecule has 1 unspecified atom stereocenters. The van der Waals surface area contributed by atoms with Crippen LogP contribution < -0.4 is 0 Å². The molecule has 0 saturated carbocycles. The highest BCUT2D eigenvalue weighted by molar-refractivity contribution is 5.39. The predicted octanol–water partition coefficient (Wildman–Crippen LogP) is 3.54. The third-order valence-electron chi connectivity index (χ3n) is 5.62. The largest absolute Gasteiger partial charge is 0.299 e. The van der Waals surface area contributed by atoms with Crippen molar-refractivity contribution < 1.29 is 0 Å². The van der Waals surface area contributed by atoms with E-state index in [2.05, 4.69) is 46.8 Å². The molecule has 0 aliphatic carbocycles. The monoisotopic (exact) mass is 321 g/mol. The van der Waals surface area contributed by atoms with Crippen molar-refractivity contribution in [3.63, 3.8) is 0 Å². The van der Waals surface area contributed by atoms with Gasteiger partial charge in [0.1, 0.15) is 0 Å². The van der Waals surface area contributed by atoms with Gasteiger partial charge in [0.15, 0.2) is 0 Å². The Morgan fingerprint density at radius 3 is 2.50 bits per heavy atom. The van der Waals surface area contributed by atoms with Crippen LogP contribution >= 0.6 is 0 Å². The van der Waals surface area contributed by atoms with Crippen LogP contribution in [0, 0.1) is 19.8 Å². The van der Waals surface area contributed by atoms with Crippen LogP contribution in [-0.2, 0) is 19.6 Å². The predicted molar refractivity (Wildman–Crippen MR) is 97.7 cm³/mol. The number of pyridine rings is 1. The van der Waals surface area contributed by atoms with Crippen molar-refractivity contribution in [3.05, 3.63) is 64.5 Å². The molecule has 126 valence electrons. The number of fused-ring (bicyclic) bond motifs is 1. The average Bonchev–Trinajstić information content (AvgIpc) is 3.15. The number of hydrogen-bond acceptors (Lipinski definition) is 3. The first kappa shape index (κ1) is 15.8. The number of nitrogens with zero attached hydrogens (tertiary/aromatic N) is 3. The van der Waals surface area contributed by atoms with Crippen molar-refractivity contribution in [1.29, 1.82) is 0 Å². The third kappa shape index (κ3) is 3.38. The number of hydrogen-bond donors (Lipinski definition) is 0. The molecule has 0 radical (unpaired) electrons. The fraction of sp³-hybridized carbons (Fsp3) is 0.476. The van der Waals surface area contributed by atoms with Crippen LogP contribution in [-0.4, -0.2) is 34.4 Å². The molecule has 24 heavy (non-hydrogen) atoms. The van der Waals surface area contributed by atoms with E-state index in [-0.39, 0.29) is 0 Å². The Morgan fingerprint density at radius 2 is 1.83 bits per heavy atom. The Bertz CT molecular complexity index is 680. The van der Waals surface area contributed by atoms with E-state index in [0.717, 1.165) is 25.6 Å². The number of benzene rings is 1. The molecule has 2 aliphatic rings. The lowest BCUT2D eigenvalue weighted by Gasteiger charge is -2.20. The third-order valence-corrected chi connectivity index (χ3v) is 5.62. The molecule has 1 aromatic carbocycles. The lowest BCUT2D eigenvalue weighted by Crippen LogP contribution is -2.27. The molecule has 1 aromatic heterocycles. The Hall–Kier alpha value is -1.71. The van der Waals surface area contributed by atoms with Gasteiger partial charge in [0.2, 0.25) is 0 Å². The molecule has 3 nitrogen and oxygen atoms in total.